The highest BCUT2D eigenvalue weighted by atomic mass is 79.9. The molecule has 1 fully saturated rings. The number of nitrogens with zero attached hydrogens (tertiary/aromatic N) is 5. The van der Waals surface area contributed by atoms with Crippen LogP contribution >= 0.6 is 15.9 Å². The second kappa shape index (κ2) is 12.0. The summed E-state index contributed by atoms with van der Waals surface area (Å²) < 4.78 is 50.3. The monoisotopic (exact) mass is 562 g/mol. The third kappa shape index (κ3) is 7.09. The number of hydrogen-bond donors (Lipinski definition) is 4. The summed E-state index contributed by atoms with van der Waals surface area (Å²) >= 11 is 3.07. The highest BCUT2D eigenvalue weighted by Crippen LogP contribution is 2.23. The topological polar surface area (TPSA) is 167 Å². The van der Waals surface area contributed by atoms with Crippen LogP contribution in [0, 0.1) is 5.82 Å². The standard InChI is InChI=1S/C18H24BrFN8O5S/c1-2-34(30,31)27-18(28-7-9-32-10-8-28)22-6-5-21-16-15(25-33-26-16)17(24-29)23-12-3-4-14(20)13(19)11-12/h3-4,11,29H,2,5-10H2,1H3,(H,21,26)(H,22,27)(H,23,24). The van der Waals surface area contributed by atoms with Crippen LogP contribution in [0.2, 0.25) is 0 Å². The molecule has 1 aliphatic rings. The Morgan fingerprint density at radius 2 is 2.09 bits per heavy atom. The van der Waals surface area contributed by atoms with Crippen molar-refractivity contribution in [1.29, 1.82) is 0 Å². The van der Waals surface area contributed by atoms with Gasteiger partial charge >= 0.3 is 0 Å². The van der Waals surface area contributed by atoms with E-state index in [0.29, 0.717) is 32.0 Å². The van der Waals surface area contributed by atoms with Crippen LogP contribution in [0.3, 0.4) is 0 Å². The number of rotatable bonds is 8. The molecule has 0 radical (unpaired) electrons. The molecule has 1 saturated heterocycles. The minimum atomic E-state index is -3.50. The van der Waals surface area contributed by atoms with E-state index in [9.17, 15) is 18.0 Å². The maximum Gasteiger partial charge on any atom is 0.234 e. The Kier molecular flexibility index (Phi) is 9.14. The van der Waals surface area contributed by atoms with Crippen molar-refractivity contribution < 1.29 is 27.4 Å². The molecule has 0 amide bonds. The van der Waals surface area contributed by atoms with Crippen molar-refractivity contribution in [3.05, 3.63) is 34.2 Å². The summed E-state index contributed by atoms with van der Waals surface area (Å²) in [6, 6.07) is 4.05. The number of sulfonamides is 1. The molecule has 0 spiro atoms. The molecule has 0 unspecified atom stereocenters. The molecular weight excluding hydrogens is 539 g/mol. The number of hydroxylamine groups is 1. The number of guanidine groups is 1. The van der Waals surface area contributed by atoms with E-state index in [1.807, 2.05) is 5.48 Å². The van der Waals surface area contributed by atoms with Gasteiger partial charge in [0.25, 0.3) is 0 Å². The van der Waals surface area contributed by atoms with Gasteiger partial charge in [0.15, 0.2) is 11.5 Å². The lowest BCUT2D eigenvalue weighted by Gasteiger charge is -2.29. The van der Waals surface area contributed by atoms with Crippen LogP contribution in [0.15, 0.2) is 37.3 Å². The predicted molar refractivity (Wildman–Crippen MR) is 125 cm³/mol. The van der Waals surface area contributed by atoms with Crippen LogP contribution in [-0.4, -0.2) is 85.8 Å². The van der Waals surface area contributed by atoms with E-state index in [0.717, 1.165) is 0 Å². The van der Waals surface area contributed by atoms with Crippen LogP contribution in [0.25, 0.3) is 0 Å². The Morgan fingerprint density at radius 3 is 2.76 bits per heavy atom. The van der Waals surface area contributed by atoms with Crippen LogP contribution in [0.5, 0.6) is 0 Å². The Bertz CT molecular complexity index is 1140. The van der Waals surface area contributed by atoms with E-state index in [-0.39, 0.29) is 46.6 Å². The van der Waals surface area contributed by atoms with Crippen LogP contribution in [0.4, 0.5) is 15.9 Å². The molecule has 0 bridgehead atoms. The number of anilines is 1. The maximum absolute atomic E-state index is 13.4. The van der Waals surface area contributed by atoms with E-state index in [4.69, 9.17) is 9.37 Å². The van der Waals surface area contributed by atoms with Gasteiger partial charge in [-0.05, 0) is 51.4 Å². The van der Waals surface area contributed by atoms with Gasteiger partial charge in [-0.2, -0.15) is 0 Å². The number of halogens is 2. The number of ether oxygens (including phenoxy) is 1. The first-order chi connectivity index (χ1) is 16.3. The molecule has 0 aliphatic carbocycles. The minimum Gasteiger partial charge on any atom is -0.378 e. The molecule has 2 aromatic rings. The van der Waals surface area contributed by atoms with E-state index in [2.05, 4.69) is 46.3 Å². The van der Waals surface area contributed by atoms with Crippen molar-refractivity contribution in [2.75, 3.05) is 50.5 Å². The predicted octanol–water partition coefficient (Wildman–Crippen LogP) is 1.07. The summed E-state index contributed by atoms with van der Waals surface area (Å²) in [5.41, 5.74) is 2.34. The Balaban J connectivity index is 1.69. The second-order valence-corrected chi connectivity index (χ2v) is 9.73. The number of benzene rings is 1. The number of aromatic nitrogens is 2. The molecule has 2 heterocycles. The quantitative estimate of drug-likeness (QED) is 0.158. The van der Waals surface area contributed by atoms with Gasteiger partial charge in [0.1, 0.15) is 5.82 Å². The molecule has 0 saturated carbocycles. The van der Waals surface area contributed by atoms with Crippen LogP contribution < -0.4 is 15.5 Å². The SMILES string of the molecule is CCS(=O)(=O)NC(=NCCNc1nonc1C(=Nc1ccc(F)c(Br)c1)NO)N1CCOCC1. The molecule has 1 aromatic carbocycles. The lowest BCUT2D eigenvalue weighted by Crippen LogP contribution is -2.49. The van der Waals surface area contributed by atoms with Crippen molar-refractivity contribution in [2.24, 2.45) is 9.98 Å². The maximum atomic E-state index is 13.4. The second-order valence-electron chi connectivity index (χ2n) is 6.87. The van der Waals surface area contributed by atoms with E-state index >= 15 is 0 Å². The summed E-state index contributed by atoms with van der Waals surface area (Å²) in [7, 11) is -3.50. The van der Waals surface area contributed by atoms with Crippen molar-refractivity contribution in [3.8, 4) is 0 Å². The normalized spacial score (nSPS) is 15.4. The largest absolute Gasteiger partial charge is 0.378 e. The number of hydrogen-bond acceptors (Lipinski definition) is 10. The molecule has 186 valence electrons. The van der Waals surface area contributed by atoms with Crippen molar-refractivity contribution >= 4 is 49.3 Å². The van der Waals surface area contributed by atoms with E-state index in [1.165, 1.54) is 18.2 Å². The van der Waals surface area contributed by atoms with Gasteiger partial charge in [-0.1, -0.05) is 0 Å². The van der Waals surface area contributed by atoms with Crippen LogP contribution in [0.1, 0.15) is 12.6 Å². The first kappa shape index (κ1) is 25.8. The van der Waals surface area contributed by atoms with Gasteiger partial charge in [0.05, 0.1) is 35.7 Å². The number of morpholine rings is 1. The molecular formula is C18H24BrFN8O5S. The first-order valence-corrected chi connectivity index (χ1v) is 12.7. The number of amidine groups is 1. The third-order valence-electron chi connectivity index (χ3n) is 4.57. The molecule has 3 rings (SSSR count). The van der Waals surface area contributed by atoms with Crippen molar-refractivity contribution in [3.63, 3.8) is 0 Å². The zero-order valence-electron chi connectivity index (χ0n) is 18.2. The third-order valence-corrected chi connectivity index (χ3v) is 6.43. The first-order valence-electron chi connectivity index (χ1n) is 10.2. The van der Waals surface area contributed by atoms with Crippen molar-refractivity contribution in [1.82, 2.24) is 25.4 Å². The molecule has 34 heavy (non-hydrogen) atoms. The summed E-state index contributed by atoms with van der Waals surface area (Å²) in [4.78, 5) is 10.4. The fourth-order valence-electron chi connectivity index (χ4n) is 2.79. The summed E-state index contributed by atoms with van der Waals surface area (Å²) in [5, 5.41) is 20.0. The smallest absolute Gasteiger partial charge is 0.234 e. The summed E-state index contributed by atoms with van der Waals surface area (Å²) in [6.45, 7) is 3.94. The Labute approximate surface area is 203 Å². The molecule has 16 heteroatoms. The minimum absolute atomic E-state index is 0.0759. The van der Waals surface area contributed by atoms with Crippen LogP contribution in [-0.2, 0) is 14.8 Å². The number of nitrogens with one attached hydrogen (secondary N) is 3. The average Bonchev–Trinajstić information content (AvgIpc) is 3.30. The van der Waals surface area contributed by atoms with Gasteiger partial charge in [-0.25, -0.2) is 22.4 Å². The van der Waals surface area contributed by atoms with Gasteiger partial charge in [0, 0.05) is 19.6 Å². The average molecular weight is 563 g/mol. The van der Waals surface area contributed by atoms with Gasteiger partial charge in [0.2, 0.25) is 21.8 Å². The van der Waals surface area contributed by atoms with Gasteiger partial charge < -0.3 is 15.0 Å². The van der Waals surface area contributed by atoms with Gasteiger partial charge in [-0.3, -0.25) is 20.4 Å². The van der Waals surface area contributed by atoms with Gasteiger partial charge in [-0.15, -0.1) is 0 Å². The van der Waals surface area contributed by atoms with Crippen molar-refractivity contribution in [2.45, 2.75) is 6.92 Å². The number of aliphatic imine (C=N–C) groups is 2. The summed E-state index contributed by atoms with van der Waals surface area (Å²) in [6.07, 6.45) is 0. The zero-order chi connectivity index (χ0) is 24.6. The van der Waals surface area contributed by atoms with E-state index in [1.54, 1.807) is 11.8 Å². The molecule has 1 aliphatic heterocycles. The van der Waals surface area contributed by atoms with E-state index < -0.39 is 15.8 Å². The molecule has 1 aromatic heterocycles. The lowest BCUT2D eigenvalue weighted by atomic mass is 10.3. The Morgan fingerprint density at radius 1 is 1.32 bits per heavy atom. The highest BCUT2D eigenvalue weighted by molar-refractivity contribution is 9.10. The summed E-state index contributed by atoms with van der Waals surface area (Å²) in [5.74, 6) is -0.217. The molecule has 0 atom stereocenters. The highest BCUT2D eigenvalue weighted by Gasteiger charge is 2.20. The Hall–Kier alpha value is -2.82. The fourth-order valence-corrected chi connectivity index (χ4v) is 3.78. The fraction of sp³-hybridized carbons (Fsp3) is 0.444. The molecule has 4 N–H and O–H groups in total. The zero-order valence-corrected chi connectivity index (χ0v) is 20.6. The molecule has 13 nitrogen and oxygen atoms in total. The lowest BCUT2D eigenvalue weighted by molar-refractivity contribution is 0.0670.